The van der Waals surface area contributed by atoms with Crippen LogP contribution in [0.2, 0.25) is 0 Å². The molecular formula is C28H21F3N2O4. The largest absolute Gasteiger partial charge is 0.481 e. The zero-order chi connectivity index (χ0) is 26.7. The van der Waals surface area contributed by atoms with Gasteiger partial charge in [-0.15, -0.1) is 0 Å². The molecule has 4 rings (SSSR count). The number of carboxylic acids is 1. The molecule has 0 bridgehead atoms. The van der Waals surface area contributed by atoms with Crippen LogP contribution in [0.3, 0.4) is 0 Å². The fraction of sp³-hybridized carbons (Fsp3) is 0.107. The lowest BCUT2D eigenvalue weighted by atomic mass is 9.92. The lowest BCUT2D eigenvalue weighted by Gasteiger charge is -2.12. The number of halogens is 3. The Morgan fingerprint density at radius 3 is 2.08 bits per heavy atom. The molecule has 1 amide bonds. The van der Waals surface area contributed by atoms with E-state index in [2.05, 4.69) is 10.3 Å². The Balaban J connectivity index is 1.76. The number of carbonyl (C=O) groups excluding carboxylic acids is 2. The highest BCUT2D eigenvalue weighted by Crippen LogP contribution is 2.34. The second kappa shape index (κ2) is 10.1. The Morgan fingerprint density at radius 2 is 1.49 bits per heavy atom. The van der Waals surface area contributed by atoms with Gasteiger partial charge in [-0.25, -0.2) is 0 Å². The van der Waals surface area contributed by atoms with Gasteiger partial charge in [0.1, 0.15) is 0 Å². The van der Waals surface area contributed by atoms with Crippen molar-refractivity contribution < 1.29 is 32.7 Å². The molecule has 4 aromatic rings. The summed E-state index contributed by atoms with van der Waals surface area (Å²) >= 11 is 0. The van der Waals surface area contributed by atoms with Gasteiger partial charge in [-0.3, -0.25) is 14.4 Å². The van der Waals surface area contributed by atoms with Gasteiger partial charge in [0.15, 0.2) is 5.78 Å². The third kappa shape index (κ3) is 5.30. The van der Waals surface area contributed by atoms with Gasteiger partial charge in [0.25, 0.3) is 5.91 Å². The van der Waals surface area contributed by atoms with Crippen molar-refractivity contribution in [1.29, 1.82) is 0 Å². The molecule has 0 radical (unpaired) electrons. The van der Waals surface area contributed by atoms with Crippen molar-refractivity contribution in [3.05, 3.63) is 107 Å². The number of benzene rings is 3. The fourth-order valence-electron chi connectivity index (χ4n) is 4.07. The molecule has 3 N–H and O–H groups in total. The summed E-state index contributed by atoms with van der Waals surface area (Å²) in [4.78, 5) is 40.5. The van der Waals surface area contributed by atoms with Gasteiger partial charge in [-0.2, -0.15) is 13.2 Å². The second-order valence-corrected chi connectivity index (χ2v) is 8.25. The van der Waals surface area contributed by atoms with Crippen molar-refractivity contribution in [1.82, 2.24) is 10.3 Å². The Hall–Kier alpha value is -4.66. The van der Waals surface area contributed by atoms with E-state index in [1.807, 2.05) is 0 Å². The number of H-pyrrole nitrogens is 1. The van der Waals surface area contributed by atoms with Gasteiger partial charge in [0.05, 0.1) is 28.8 Å². The van der Waals surface area contributed by atoms with Crippen molar-refractivity contribution in [2.45, 2.75) is 12.6 Å². The van der Waals surface area contributed by atoms with Crippen molar-refractivity contribution in [3.8, 4) is 22.4 Å². The molecule has 0 aliphatic heterocycles. The first-order chi connectivity index (χ1) is 17.6. The first-order valence-corrected chi connectivity index (χ1v) is 11.2. The van der Waals surface area contributed by atoms with E-state index in [4.69, 9.17) is 5.11 Å². The minimum atomic E-state index is -4.48. The minimum Gasteiger partial charge on any atom is -0.481 e. The second-order valence-electron chi connectivity index (χ2n) is 8.25. The van der Waals surface area contributed by atoms with Crippen LogP contribution in [0.4, 0.5) is 13.2 Å². The average Bonchev–Trinajstić information content (AvgIpc) is 3.32. The summed E-state index contributed by atoms with van der Waals surface area (Å²) in [5.41, 5.74) is 1.96. The number of carbonyl (C=O) groups is 3. The van der Waals surface area contributed by atoms with E-state index >= 15 is 0 Å². The number of aromatic nitrogens is 1. The lowest BCUT2D eigenvalue weighted by molar-refractivity contribution is -0.138. The maximum atomic E-state index is 13.7. The molecule has 0 fully saturated rings. The molecule has 0 unspecified atom stereocenters. The van der Waals surface area contributed by atoms with E-state index < -0.39 is 29.4 Å². The number of carboxylic acid groups (broad SMARTS) is 1. The van der Waals surface area contributed by atoms with E-state index in [1.165, 1.54) is 25.4 Å². The van der Waals surface area contributed by atoms with Crippen LogP contribution in [0.25, 0.3) is 22.4 Å². The smallest absolute Gasteiger partial charge is 0.416 e. The molecule has 0 saturated heterocycles. The molecule has 0 aliphatic rings. The highest BCUT2D eigenvalue weighted by atomic mass is 19.4. The highest BCUT2D eigenvalue weighted by molar-refractivity contribution is 6.19. The molecule has 9 heteroatoms. The summed E-state index contributed by atoms with van der Waals surface area (Å²) in [6.45, 7) is 0. The lowest BCUT2D eigenvalue weighted by Crippen LogP contribution is -2.21. The number of hydrogen-bond donors (Lipinski definition) is 3. The molecule has 1 heterocycles. The minimum absolute atomic E-state index is 0.0864. The van der Waals surface area contributed by atoms with Gasteiger partial charge < -0.3 is 15.4 Å². The van der Waals surface area contributed by atoms with E-state index in [-0.39, 0.29) is 23.1 Å². The molecule has 6 nitrogen and oxygen atoms in total. The average molecular weight is 506 g/mol. The summed E-state index contributed by atoms with van der Waals surface area (Å²) in [7, 11) is 1.43. The Morgan fingerprint density at radius 1 is 0.865 bits per heavy atom. The fourth-order valence-corrected chi connectivity index (χ4v) is 4.07. The zero-order valence-corrected chi connectivity index (χ0v) is 19.5. The van der Waals surface area contributed by atoms with E-state index in [0.29, 0.717) is 27.9 Å². The van der Waals surface area contributed by atoms with Crippen molar-refractivity contribution in [2.75, 3.05) is 7.05 Å². The highest BCUT2D eigenvalue weighted by Gasteiger charge is 2.30. The van der Waals surface area contributed by atoms with E-state index in [1.54, 1.807) is 48.5 Å². The number of ketones is 1. The summed E-state index contributed by atoms with van der Waals surface area (Å²) in [5, 5.41) is 11.5. The number of aromatic amines is 1. The molecule has 188 valence electrons. The molecule has 0 saturated carbocycles. The third-order valence-electron chi connectivity index (χ3n) is 5.87. The summed E-state index contributed by atoms with van der Waals surface area (Å²) in [6, 6.07) is 17.6. The van der Waals surface area contributed by atoms with Gasteiger partial charge in [0.2, 0.25) is 0 Å². The maximum absolute atomic E-state index is 13.7. The first kappa shape index (κ1) is 25.4. The van der Waals surface area contributed by atoms with Crippen LogP contribution in [0.15, 0.2) is 79.0 Å². The number of aliphatic carboxylic acids is 1. The zero-order valence-electron chi connectivity index (χ0n) is 19.5. The Bertz CT molecular complexity index is 1470. The quantitative estimate of drug-likeness (QED) is 0.285. The van der Waals surface area contributed by atoms with Crippen LogP contribution in [-0.4, -0.2) is 34.8 Å². The van der Waals surface area contributed by atoms with Crippen molar-refractivity contribution in [2.24, 2.45) is 0 Å². The number of nitrogens with one attached hydrogen (secondary N) is 2. The maximum Gasteiger partial charge on any atom is 0.416 e. The first-order valence-electron chi connectivity index (χ1n) is 11.2. The predicted molar refractivity (Wildman–Crippen MR) is 131 cm³/mol. The summed E-state index contributed by atoms with van der Waals surface area (Å²) in [5.74, 6) is -1.97. The van der Waals surface area contributed by atoms with Crippen LogP contribution in [-0.2, 0) is 17.4 Å². The molecule has 0 aliphatic carbocycles. The van der Waals surface area contributed by atoms with Gasteiger partial charge in [-0.1, -0.05) is 60.7 Å². The van der Waals surface area contributed by atoms with Gasteiger partial charge in [0, 0.05) is 18.8 Å². The van der Waals surface area contributed by atoms with Crippen LogP contribution < -0.4 is 5.32 Å². The Kier molecular flexibility index (Phi) is 6.97. The molecule has 0 atom stereocenters. The molecule has 1 aromatic heterocycles. The summed E-state index contributed by atoms with van der Waals surface area (Å²) < 4.78 is 39.0. The van der Waals surface area contributed by atoms with Crippen LogP contribution in [0.5, 0.6) is 0 Å². The number of amides is 1. The van der Waals surface area contributed by atoms with Crippen molar-refractivity contribution in [3.63, 3.8) is 0 Å². The molecule has 37 heavy (non-hydrogen) atoms. The van der Waals surface area contributed by atoms with Crippen LogP contribution >= 0.6 is 0 Å². The van der Waals surface area contributed by atoms with E-state index in [0.717, 1.165) is 12.1 Å². The van der Waals surface area contributed by atoms with E-state index in [9.17, 15) is 27.6 Å². The number of hydrogen-bond acceptors (Lipinski definition) is 3. The normalized spacial score (nSPS) is 11.2. The van der Waals surface area contributed by atoms with Crippen LogP contribution in [0, 0.1) is 0 Å². The topological polar surface area (TPSA) is 99.3 Å². The van der Waals surface area contributed by atoms with Gasteiger partial charge in [-0.05, 0) is 34.4 Å². The molecular weight excluding hydrogens is 485 g/mol. The van der Waals surface area contributed by atoms with Crippen LogP contribution in [0.1, 0.15) is 37.4 Å². The monoisotopic (exact) mass is 506 g/mol. The number of rotatable bonds is 7. The molecule has 0 spiro atoms. The predicted octanol–water partition coefficient (Wildman–Crippen LogP) is 5.59. The number of alkyl halides is 3. The summed E-state index contributed by atoms with van der Waals surface area (Å²) in [6.07, 6.45) is -3.22. The van der Waals surface area contributed by atoms with Crippen molar-refractivity contribution >= 4 is 17.7 Å². The van der Waals surface area contributed by atoms with Gasteiger partial charge >= 0.3 is 12.1 Å². The SMILES string of the molecule is CNC(=O)c1c(C(=O)c2ccccc2-c2ccc(C(F)(F)F)cc2)c[nH]c1-c1ccc(CC(=O)O)cc1. The molecule has 3 aromatic carbocycles. The standard InChI is InChI=1S/C28H21F3N2O4/c1-32-27(37)24-22(15-33-25(24)18-8-6-16(7-9-18)14-23(34)35)26(36)21-5-3-2-4-20(21)17-10-12-19(13-11-17)28(29,30)31/h2-13,15,33H,14H2,1H3,(H,32,37)(H,34,35). The Labute approximate surface area is 209 Å². The third-order valence-corrected chi connectivity index (χ3v) is 5.87.